The Morgan fingerprint density at radius 1 is 1.36 bits per heavy atom. The van der Waals surface area contributed by atoms with Crippen molar-refractivity contribution in [3.63, 3.8) is 0 Å². The summed E-state index contributed by atoms with van der Waals surface area (Å²) >= 11 is 0. The van der Waals surface area contributed by atoms with Crippen LogP contribution in [-0.4, -0.2) is 12.1 Å². The molecule has 1 N–H and O–H groups in total. The molecule has 0 bridgehead atoms. The number of fused-ring (bicyclic) bond motifs is 2. The molecule has 3 aliphatic rings. The first-order valence-corrected chi connectivity index (χ1v) is 4.27. The van der Waals surface area contributed by atoms with Crippen LogP contribution in [-0.2, 0) is 0 Å². The normalized spacial score (nSPS) is 38.5. The SMILES string of the molecule is C1=CCC2NC3CC3=CC2=C1. The summed E-state index contributed by atoms with van der Waals surface area (Å²) in [6, 6.07) is 1.36. The Labute approximate surface area is 66.5 Å². The molecule has 0 spiro atoms. The number of nitrogens with one attached hydrogen (secondary N) is 1. The molecule has 0 saturated heterocycles. The van der Waals surface area contributed by atoms with E-state index < -0.39 is 0 Å². The molecule has 0 radical (unpaired) electrons. The Morgan fingerprint density at radius 2 is 2.36 bits per heavy atom. The summed E-state index contributed by atoms with van der Waals surface area (Å²) < 4.78 is 0. The first-order chi connectivity index (χ1) is 5.43. The van der Waals surface area contributed by atoms with Gasteiger partial charge in [0.2, 0.25) is 0 Å². The summed E-state index contributed by atoms with van der Waals surface area (Å²) in [7, 11) is 0. The third-order valence-corrected chi connectivity index (χ3v) is 2.68. The first kappa shape index (κ1) is 5.78. The summed E-state index contributed by atoms with van der Waals surface area (Å²) in [5.41, 5.74) is 3.08. The largest absolute Gasteiger partial charge is 0.303 e. The molecule has 2 unspecified atom stereocenters. The molecular formula is C10H11N. The monoisotopic (exact) mass is 145 g/mol. The van der Waals surface area contributed by atoms with Gasteiger partial charge in [-0.3, -0.25) is 0 Å². The van der Waals surface area contributed by atoms with Gasteiger partial charge in [-0.05, 0) is 18.4 Å². The van der Waals surface area contributed by atoms with Crippen molar-refractivity contribution < 1.29 is 0 Å². The fourth-order valence-electron chi connectivity index (χ4n) is 1.92. The second-order valence-corrected chi connectivity index (χ2v) is 3.53. The molecular weight excluding hydrogens is 134 g/mol. The maximum atomic E-state index is 3.60. The molecule has 1 nitrogen and oxygen atoms in total. The maximum Gasteiger partial charge on any atom is 0.0360 e. The quantitative estimate of drug-likeness (QED) is 0.545. The molecule has 11 heavy (non-hydrogen) atoms. The van der Waals surface area contributed by atoms with Gasteiger partial charge in [0.1, 0.15) is 0 Å². The molecule has 1 heteroatoms. The van der Waals surface area contributed by atoms with Gasteiger partial charge in [0, 0.05) is 12.1 Å². The maximum absolute atomic E-state index is 3.60. The first-order valence-electron chi connectivity index (χ1n) is 4.27. The molecule has 0 aromatic carbocycles. The zero-order valence-electron chi connectivity index (χ0n) is 6.38. The van der Waals surface area contributed by atoms with Crippen molar-refractivity contribution in [2.45, 2.75) is 24.9 Å². The van der Waals surface area contributed by atoms with Gasteiger partial charge in [-0.25, -0.2) is 0 Å². The highest BCUT2D eigenvalue weighted by atomic mass is 15.0. The van der Waals surface area contributed by atoms with Gasteiger partial charge in [-0.1, -0.05) is 29.9 Å². The Morgan fingerprint density at radius 3 is 3.36 bits per heavy atom. The van der Waals surface area contributed by atoms with Gasteiger partial charge in [0.05, 0.1) is 0 Å². The summed E-state index contributed by atoms with van der Waals surface area (Å²) in [6.07, 6.45) is 11.5. The predicted molar refractivity (Wildman–Crippen MR) is 45.3 cm³/mol. The van der Waals surface area contributed by atoms with Gasteiger partial charge < -0.3 is 5.32 Å². The minimum Gasteiger partial charge on any atom is -0.303 e. The average molecular weight is 145 g/mol. The van der Waals surface area contributed by atoms with E-state index in [-0.39, 0.29) is 0 Å². The van der Waals surface area contributed by atoms with Gasteiger partial charge in [-0.2, -0.15) is 0 Å². The van der Waals surface area contributed by atoms with Crippen LogP contribution in [0.1, 0.15) is 12.8 Å². The van der Waals surface area contributed by atoms with Gasteiger partial charge in [-0.15, -0.1) is 0 Å². The van der Waals surface area contributed by atoms with Crippen molar-refractivity contribution in [3.8, 4) is 0 Å². The molecule has 56 valence electrons. The van der Waals surface area contributed by atoms with E-state index in [9.17, 15) is 0 Å². The molecule has 2 aliphatic carbocycles. The fraction of sp³-hybridized carbons (Fsp3) is 0.400. The zero-order valence-corrected chi connectivity index (χ0v) is 6.38. The van der Waals surface area contributed by atoms with E-state index in [1.165, 1.54) is 18.4 Å². The van der Waals surface area contributed by atoms with Crippen LogP contribution in [0.3, 0.4) is 0 Å². The highest BCUT2D eigenvalue weighted by Crippen LogP contribution is 2.37. The van der Waals surface area contributed by atoms with E-state index in [4.69, 9.17) is 0 Å². The molecule has 1 heterocycles. The third kappa shape index (κ3) is 0.809. The fourth-order valence-corrected chi connectivity index (χ4v) is 1.92. The molecule has 0 aromatic rings. The lowest BCUT2D eigenvalue weighted by Crippen LogP contribution is -2.34. The van der Waals surface area contributed by atoms with Crippen molar-refractivity contribution in [3.05, 3.63) is 35.5 Å². The smallest absolute Gasteiger partial charge is 0.0360 e. The Kier molecular flexibility index (Phi) is 0.977. The highest BCUT2D eigenvalue weighted by molar-refractivity contribution is 5.46. The van der Waals surface area contributed by atoms with Crippen LogP contribution in [0.2, 0.25) is 0 Å². The number of hydrogen-bond acceptors (Lipinski definition) is 1. The van der Waals surface area contributed by atoms with Crippen LogP contribution in [0.25, 0.3) is 0 Å². The Bertz CT molecular complexity index is 280. The number of allylic oxidation sites excluding steroid dienone is 2. The lowest BCUT2D eigenvalue weighted by Gasteiger charge is -2.23. The summed E-state index contributed by atoms with van der Waals surface area (Å²) in [5, 5.41) is 3.60. The minimum absolute atomic E-state index is 0.622. The van der Waals surface area contributed by atoms with Crippen LogP contribution in [0.4, 0.5) is 0 Å². The van der Waals surface area contributed by atoms with E-state index >= 15 is 0 Å². The molecule has 1 saturated carbocycles. The molecule has 0 amide bonds. The van der Waals surface area contributed by atoms with E-state index in [2.05, 4.69) is 29.6 Å². The Balaban J connectivity index is 2.02. The highest BCUT2D eigenvalue weighted by Gasteiger charge is 2.36. The van der Waals surface area contributed by atoms with E-state index in [1.807, 2.05) is 0 Å². The molecule has 3 rings (SSSR count). The van der Waals surface area contributed by atoms with Crippen molar-refractivity contribution in [1.82, 2.24) is 5.32 Å². The van der Waals surface area contributed by atoms with Gasteiger partial charge in [0.25, 0.3) is 0 Å². The number of hydrogen-bond donors (Lipinski definition) is 1. The minimum atomic E-state index is 0.622. The molecule has 1 fully saturated rings. The van der Waals surface area contributed by atoms with Crippen molar-refractivity contribution >= 4 is 0 Å². The summed E-state index contributed by atoms with van der Waals surface area (Å²) in [5.74, 6) is 0. The standard InChI is InChI=1S/C10H11N/c1-2-4-9-7(3-1)5-8-6-10(8)11-9/h1-3,5,9-11H,4,6H2. The van der Waals surface area contributed by atoms with Crippen molar-refractivity contribution in [2.24, 2.45) is 0 Å². The summed E-state index contributed by atoms with van der Waals surface area (Å²) in [4.78, 5) is 0. The molecule has 1 aliphatic heterocycles. The molecule has 0 aromatic heterocycles. The second kappa shape index (κ2) is 1.86. The summed E-state index contributed by atoms with van der Waals surface area (Å²) in [6.45, 7) is 0. The number of rotatable bonds is 0. The lowest BCUT2D eigenvalue weighted by molar-refractivity contribution is 0.575. The average Bonchev–Trinajstić information content (AvgIpc) is 2.77. The molecule has 2 atom stereocenters. The van der Waals surface area contributed by atoms with Crippen LogP contribution >= 0.6 is 0 Å². The van der Waals surface area contributed by atoms with Crippen LogP contribution in [0.15, 0.2) is 35.5 Å². The van der Waals surface area contributed by atoms with E-state index in [0.717, 1.165) is 6.04 Å². The van der Waals surface area contributed by atoms with Gasteiger partial charge in [0.15, 0.2) is 0 Å². The zero-order chi connectivity index (χ0) is 7.26. The Hall–Kier alpha value is -0.820. The van der Waals surface area contributed by atoms with Crippen molar-refractivity contribution in [1.29, 1.82) is 0 Å². The van der Waals surface area contributed by atoms with Crippen molar-refractivity contribution in [2.75, 3.05) is 0 Å². The van der Waals surface area contributed by atoms with Gasteiger partial charge >= 0.3 is 0 Å². The topological polar surface area (TPSA) is 12.0 Å². The predicted octanol–water partition coefficient (Wildman–Crippen LogP) is 1.54. The van der Waals surface area contributed by atoms with E-state index in [0.29, 0.717) is 6.04 Å². The van der Waals surface area contributed by atoms with E-state index in [1.54, 1.807) is 5.57 Å². The van der Waals surface area contributed by atoms with Crippen LogP contribution in [0.5, 0.6) is 0 Å². The van der Waals surface area contributed by atoms with Crippen LogP contribution < -0.4 is 5.32 Å². The lowest BCUT2D eigenvalue weighted by atomic mass is 9.96. The second-order valence-electron chi connectivity index (χ2n) is 3.53. The third-order valence-electron chi connectivity index (χ3n) is 2.68. The van der Waals surface area contributed by atoms with Crippen LogP contribution in [0, 0.1) is 0 Å².